The number of carbonyl (C=O) groups excluding carboxylic acids is 2. The van der Waals surface area contributed by atoms with E-state index in [1.807, 2.05) is 75.4 Å². The Morgan fingerprint density at radius 2 is 1.63 bits per heavy atom. The van der Waals surface area contributed by atoms with Gasteiger partial charge in [-0.1, -0.05) is 30.3 Å². The van der Waals surface area contributed by atoms with Crippen LogP contribution in [0.1, 0.15) is 45.7 Å². The van der Waals surface area contributed by atoms with Gasteiger partial charge in [0.1, 0.15) is 5.75 Å². The molecule has 2 amide bonds. The number of benzene rings is 2. The number of ether oxygens (including phenoxy) is 1. The van der Waals surface area contributed by atoms with Crippen LogP contribution in [0.5, 0.6) is 5.75 Å². The van der Waals surface area contributed by atoms with Gasteiger partial charge in [0.25, 0.3) is 0 Å². The molecule has 5 heteroatoms. The van der Waals surface area contributed by atoms with E-state index in [1.165, 1.54) is 6.92 Å². The second-order valence-corrected chi connectivity index (χ2v) is 6.78. The van der Waals surface area contributed by atoms with E-state index in [1.54, 1.807) is 4.90 Å². The zero-order chi connectivity index (χ0) is 19.8. The molecule has 0 aromatic heterocycles. The quantitative estimate of drug-likeness (QED) is 0.763. The van der Waals surface area contributed by atoms with Crippen molar-refractivity contribution in [2.75, 3.05) is 11.4 Å². The zero-order valence-electron chi connectivity index (χ0n) is 16.4. The van der Waals surface area contributed by atoms with Crippen LogP contribution in [0.2, 0.25) is 0 Å². The van der Waals surface area contributed by atoms with Crippen LogP contribution in [-0.2, 0) is 9.59 Å². The van der Waals surface area contributed by atoms with Crippen LogP contribution >= 0.6 is 0 Å². The number of hydrogen-bond acceptors (Lipinski definition) is 3. The van der Waals surface area contributed by atoms with Crippen molar-refractivity contribution in [2.45, 2.75) is 46.3 Å². The third-order valence-corrected chi connectivity index (χ3v) is 4.14. The standard InChI is InChI=1S/C22H28N2O3/c1-16(2)27-21-12-10-20(11-13-21)24(18(4)25)15-14-22(26)23-17(3)19-8-6-5-7-9-19/h5-13,16-17H,14-15H2,1-4H3,(H,23,26). The molecule has 2 rings (SSSR count). The van der Waals surface area contributed by atoms with Gasteiger partial charge >= 0.3 is 0 Å². The number of rotatable bonds is 8. The highest BCUT2D eigenvalue weighted by molar-refractivity contribution is 5.92. The molecule has 1 atom stereocenters. The van der Waals surface area contributed by atoms with Crippen molar-refractivity contribution in [3.05, 3.63) is 60.2 Å². The maximum Gasteiger partial charge on any atom is 0.223 e. The van der Waals surface area contributed by atoms with Gasteiger partial charge in [-0.25, -0.2) is 0 Å². The Bertz CT molecular complexity index is 742. The molecule has 0 saturated heterocycles. The van der Waals surface area contributed by atoms with E-state index in [0.29, 0.717) is 6.54 Å². The number of nitrogens with zero attached hydrogens (tertiary/aromatic N) is 1. The molecule has 0 spiro atoms. The van der Waals surface area contributed by atoms with Gasteiger partial charge in [0.2, 0.25) is 11.8 Å². The SMILES string of the molecule is CC(=O)N(CCC(=O)NC(C)c1ccccc1)c1ccc(OC(C)C)cc1. The normalized spacial score (nSPS) is 11.7. The van der Waals surface area contributed by atoms with Crippen molar-refractivity contribution in [3.8, 4) is 5.75 Å². The van der Waals surface area contributed by atoms with Gasteiger partial charge in [-0.15, -0.1) is 0 Å². The molecule has 144 valence electrons. The summed E-state index contributed by atoms with van der Waals surface area (Å²) in [6.07, 6.45) is 0.330. The molecular weight excluding hydrogens is 340 g/mol. The lowest BCUT2D eigenvalue weighted by Crippen LogP contribution is -2.34. The van der Waals surface area contributed by atoms with E-state index < -0.39 is 0 Å². The molecule has 0 aliphatic carbocycles. The topological polar surface area (TPSA) is 58.6 Å². The predicted octanol–water partition coefficient (Wildman–Crippen LogP) is 4.09. The van der Waals surface area contributed by atoms with Crippen LogP contribution in [0.4, 0.5) is 5.69 Å². The third kappa shape index (κ3) is 6.44. The van der Waals surface area contributed by atoms with Crippen LogP contribution in [0.3, 0.4) is 0 Å². The van der Waals surface area contributed by atoms with Gasteiger partial charge in [0.15, 0.2) is 0 Å². The Morgan fingerprint density at radius 1 is 1.00 bits per heavy atom. The van der Waals surface area contributed by atoms with Gasteiger partial charge in [-0.3, -0.25) is 9.59 Å². The van der Waals surface area contributed by atoms with Gasteiger partial charge in [0.05, 0.1) is 12.1 Å². The average Bonchev–Trinajstić information content (AvgIpc) is 2.63. The zero-order valence-corrected chi connectivity index (χ0v) is 16.4. The van der Waals surface area contributed by atoms with Crippen molar-refractivity contribution in [2.24, 2.45) is 0 Å². The molecule has 5 nitrogen and oxygen atoms in total. The summed E-state index contributed by atoms with van der Waals surface area (Å²) in [6.45, 7) is 7.70. The Hall–Kier alpha value is -2.82. The molecule has 0 fully saturated rings. The van der Waals surface area contributed by atoms with Gasteiger partial charge < -0.3 is 15.0 Å². The van der Waals surface area contributed by atoms with Gasteiger partial charge in [-0.2, -0.15) is 0 Å². The Morgan fingerprint density at radius 3 is 2.19 bits per heavy atom. The first-order valence-electron chi connectivity index (χ1n) is 9.26. The summed E-state index contributed by atoms with van der Waals surface area (Å²) in [4.78, 5) is 25.9. The van der Waals surface area contributed by atoms with E-state index in [2.05, 4.69) is 5.32 Å². The monoisotopic (exact) mass is 368 g/mol. The number of carbonyl (C=O) groups is 2. The van der Waals surface area contributed by atoms with Crippen LogP contribution < -0.4 is 15.0 Å². The molecule has 0 saturated carbocycles. The Balaban J connectivity index is 1.94. The fourth-order valence-electron chi connectivity index (χ4n) is 2.80. The van der Waals surface area contributed by atoms with Crippen molar-refractivity contribution < 1.29 is 14.3 Å². The van der Waals surface area contributed by atoms with Crippen molar-refractivity contribution in [3.63, 3.8) is 0 Å². The number of nitrogens with one attached hydrogen (secondary N) is 1. The number of hydrogen-bond donors (Lipinski definition) is 1. The molecule has 1 unspecified atom stereocenters. The van der Waals surface area contributed by atoms with E-state index >= 15 is 0 Å². The second kappa shape index (κ2) is 9.76. The minimum absolute atomic E-state index is 0.0723. The minimum Gasteiger partial charge on any atom is -0.491 e. The molecule has 0 aliphatic heterocycles. The first kappa shape index (κ1) is 20.5. The fraction of sp³-hybridized carbons (Fsp3) is 0.364. The van der Waals surface area contributed by atoms with Gasteiger partial charge in [0, 0.05) is 25.6 Å². The maximum absolute atomic E-state index is 12.3. The van der Waals surface area contributed by atoms with Crippen LogP contribution in [0.15, 0.2) is 54.6 Å². The molecule has 1 N–H and O–H groups in total. The lowest BCUT2D eigenvalue weighted by Gasteiger charge is -2.22. The third-order valence-electron chi connectivity index (χ3n) is 4.14. The molecular formula is C22H28N2O3. The maximum atomic E-state index is 12.3. The number of anilines is 1. The van der Waals surface area contributed by atoms with Crippen molar-refractivity contribution >= 4 is 17.5 Å². The first-order valence-corrected chi connectivity index (χ1v) is 9.26. The van der Waals surface area contributed by atoms with Crippen molar-refractivity contribution in [1.29, 1.82) is 0 Å². The molecule has 0 aliphatic rings. The molecule has 0 bridgehead atoms. The van der Waals surface area contributed by atoms with Crippen LogP contribution in [0.25, 0.3) is 0 Å². The van der Waals surface area contributed by atoms with Gasteiger partial charge in [-0.05, 0) is 50.6 Å². The lowest BCUT2D eigenvalue weighted by atomic mass is 10.1. The molecule has 2 aromatic rings. The summed E-state index contributed by atoms with van der Waals surface area (Å²) in [5, 5.41) is 2.98. The minimum atomic E-state index is -0.101. The summed E-state index contributed by atoms with van der Waals surface area (Å²) in [5.41, 5.74) is 1.80. The lowest BCUT2D eigenvalue weighted by molar-refractivity contribution is -0.121. The smallest absolute Gasteiger partial charge is 0.223 e. The fourth-order valence-corrected chi connectivity index (χ4v) is 2.80. The first-order chi connectivity index (χ1) is 12.9. The van der Waals surface area contributed by atoms with Crippen LogP contribution in [0, 0.1) is 0 Å². The van der Waals surface area contributed by atoms with Crippen LogP contribution in [-0.4, -0.2) is 24.5 Å². The summed E-state index contributed by atoms with van der Waals surface area (Å²) in [6, 6.07) is 17.1. The average molecular weight is 368 g/mol. The Kier molecular flexibility index (Phi) is 7.41. The van der Waals surface area contributed by atoms with E-state index in [4.69, 9.17) is 4.74 Å². The summed E-state index contributed by atoms with van der Waals surface area (Å²) < 4.78 is 5.63. The Labute approximate surface area is 161 Å². The molecule has 0 heterocycles. The van der Waals surface area contributed by atoms with E-state index in [-0.39, 0.29) is 30.4 Å². The largest absolute Gasteiger partial charge is 0.491 e. The van der Waals surface area contributed by atoms with E-state index in [9.17, 15) is 9.59 Å². The summed E-state index contributed by atoms with van der Waals surface area (Å²) in [5.74, 6) is 0.570. The molecule has 2 aromatic carbocycles. The highest BCUT2D eigenvalue weighted by Crippen LogP contribution is 2.21. The number of amides is 2. The highest BCUT2D eigenvalue weighted by atomic mass is 16.5. The molecule has 27 heavy (non-hydrogen) atoms. The van der Waals surface area contributed by atoms with Crippen molar-refractivity contribution in [1.82, 2.24) is 5.32 Å². The summed E-state index contributed by atoms with van der Waals surface area (Å²) >= 11 is 0. The van der Waals surface area contributed by atoms with E-state index in [0.717, 1.165) is 17.0 Å². The second-order valence-electron chi connectivity index (χ2n) is 6.78. The summed E-state index contributed by atoms with van der Waals surface area (Å²) in [7, 11) is 0. The predicted molar refractivity (Wildman–Crippen MR) is 108 cm³/mol. The highest BCUT2D eigenvalue weighted by Gasteiger charge is 2.15. The molecule has 0 radical (unpaired) electrons.